The normalized spacial score (nSPS) is 20.4. The van der Waals surface area contributed by atoms with E-state index in [2.05, 4.69) is 50.8 Å². The fourth-order valence-corrected chi connectivity index (χ4v) is 4.32. The molecule has 4 heteroatoms. The number of fused-ring (bicyclic) bond motifs is 1. The molecule has 0 fully saturated rings. The molecule has 4 nitrogen and oxygen atoms in total. The van der Waals surface area contributed by atoms with Crippen molar-refractivity contribution in [3.05, 3.63) is 64.5 Å². The number of nitrogens with one attached hydrogen (secondary N) is 1. The summed E-state index contributed by atoms with van der Waals surface area (Å²) in [7, 11) is 1.70. The van der Waals surface area contributed by atoms with Gasteiger partial charge in [0.1, 0.15) is 0 Å². The van der Waals surface area contributed by atoms with Crippen LogP contribution in [-0.4, -0.2) is 31.6 Å². The molecule has 1 aromatic heterocycles. The van der Waals surface area contributed by atoms with Gasteiger partial charge in [0, 0.05) is 42.7 Å². The molecule has 0 spiro atoms. The molecule has 2 rings (SSSR count). The van der Waals surface area contributed by atoms with Crippen molar-refractivity contribution in [3.8, 4) is 0 Å². The van der Waals surface area contributed by atoms with Crippen molar-refractivity contribution in [2.24, 2.45) is 5.92 Å². The number of rotatable bonds is 7. The summed E-state index contributed by atoms with van der Waals surface area (Å²) in [5, 5.41) is 17.9. The second-order valence-electron chi connectivity index (χ2n) is 7.62. The Morgan fingerprint density at radius 1 is 1.36 bits per heavy atom. The number of hydrogen-bond acceptors (Lipinski definition) is 3. The van der Waals surface area contributed by atoms with Crippen molar-refractivity contribution in [1.29, 1.82) is 5.41 Å². The van der Waals surface area contributed by atoms with Gasteiger partial charge in [-0.3, -0.25) is 0 Å². The summed E-state index contributed by atoms with van der Waals surface area (Å²) in [5.41, 5.74) is 8.56. The molecule has 2 N–H and O–H groups in total. The molecule has 2 unspecified atom stereocenters. The number of methoxy groups -OCH3 is 1. The highest BCUT2D eigenvalue weighted by atomic mass is 16.5. The van der Waals surface area contributed by atoms with Gasteiger partial charge in [0.05, 0.1) is 12.5 Å². The Kier molecular flexibility index (Phi) is 7.28. The van der Waals surface area contributed by atoms with Crippen LogP contribution in [0.15, 0.2) is 47.7 Å². The van der Waals surface area contributed by atoms with E-state index in [-0.39, 0.29) is 18.6 Å². The maximum atomic E-state index is 9.95. The lowest BCUT2D eigenvalue weighted by molar-refractivity contribution is -0.725. The summed E-state index contributed by atoms with van der Waals surface area (Å²) in [6.45, 7) is 17.0. The highest BCUT2D eigenvalue weighted by molar-refractivity contribution is 5.90. The monoisotopic (exact) mass is 381 g/mol. The molecular formula is C24H33N2O2+. The topological polar surface area (TPSA) is 57.2 Å². The van der Waals surface area contributed by atoms with E-state index in [0.717, 1.165) is 40.0 Å². The Labute approximate surface area is 169 Å². The minimum atomic E-state index is -0.0966. The molecule has 0 amide bonds. The van der Waals surface area contributed by atoms with Crippen molar-refractivity contribution in [1.82, 2.24) is 0 Å². The van der Waals surface area contributed by atoms with Crippen LogP contribution >= 0.6 is 0 Å². The molecule has 0 radical (unpaired) electrons. The molecule has 0 bridgehead atoms. The summed E-state index contributed by atoms with van der Waals surface area (Å²) in [6.07, 6.45) is 6.16. The van der Waals surface area contributed by atoms with Gasteiger partial charge in [-0.15, -0.1) is 0 Å². The predicted molar refractivity (Wildman–Crippen MR) is 116 cm³/mol. The summed E-state index contributed by atoms with van der Waals surface area (Å²) in [4.78, 5) is 0. The first-order valence-corrected chi connectivity index (χ1v) is 9.68. The number of aliphatic hydroxyl groups excluding tert-OH is 1. The third-order valence-electron chi connectivity index (χ3n) is 5.63. The van der Waals surface area contributed by atoms with E-state index in [4.69, 9.17) is 10.1 Å². The van der Waals surface area contributed by atoms with Gasteiger partial charge in [0.15, 0.2) is 12.2 Å². The summed E-state index contributed by atoms with van der Waals surface area (Å²) < 4.78 is 7.64. The van der Waals surface area contributed by atoms with E-state index < -0.39 is 0 Å². The number of aromatic nitrogens is 1. The van der Waals surface area contributed by atoms with Gasteiger partial charge in [-0.25, -0.2) is 0 Å². The number of aliphatic hydroxyl groups is 1. The number of nitrogens with zero attached hydrogens (tertiary/aromatic N) is 1. The average Bonchev–Trinajstić information content (AvgIpc) is 2.69. The Bertz CT molecular complexity index is 858. The lowest BCUT2D eigenvalue weighted by Crippen LogP contribution is -2.53. The first-order valence-electron chi connectivity index (χ1n) is 9.68. The van der Waals surface area contributed by atoms with Crippen LogP contribution in [0.4, 0.5) is 0 Å². The molecule has 1 aliphatic rings. The Hall–Kier alpha value is -2.30. The molecule has 1 aliphatic heterocycles. The van der Waals surface area contributed by atoms with Crippen molar-refractivity contribution < 1.29 is 14.4 Å². The van der Waals surface area contributed by atoms with Gasteiger partial charge in [0.25, 0.3) is 0 Å². The lowest BCUT2D eigenvalue weighted by Gasteiger charge is -2.35. The zero-order valence-electron chi connectivity index (χ0n) is 17.8. The molecule has 2 heterocycles. The van der Waals surface area contributed by atoms with Crippen LogP contribution in [-0.2, 0) is 4.74 Å². The Morgan fingerprint density at radius 2 is 2.04 bits per heavy atom. The number of hydrogen-bond donors (Lipinski definition) is 2. The van der Waals surface area contributed by atoms with E-state index in [0.29, 0.717) is 6.61 Å². The summed E-state index contributed by atoms with van der Waals surface area (Å²) >= 11 is 0. The summed E-state index contributed by atoms with van der Waals surface area (Å²) in [5.74, 6) is 0.0672. The van der Waals surface area contributed by atoms with Crippen LogP contribution in [0.2, 0.25) is 0 Å². The fraction of sp³-hybridized carbons (Fsp3) is 0.417. The molecule has 0 saturated carbocycles. The summed E-state index contributed by atoms with van der Waals surface area (Å²) in [6, 6.07) is 1.97. The van der Waals surface area contributed by atoms with Gasteiger partial charge < -0.3 is 15.3 Å². The van der Waals surface area contributed by atoms with Crippen LogP contribution in [0.25, 0.3) is 11.6 Å². The number of pyridine rings is 1. The maximum Gasteiger partial charge on any atom is 0.216 e. The van der Waals surface area contributed by atoms with Crippen LogP contribution < -0.4 is 4.57 Å². The van der Waals surface area contributed by atoms with Crippen LogP contribution in [0.5, 0.6) is 0 Å². The average molecular weight is 382 g/mol. The van der Waals surface area contributed by atoms with E-state index >= 15 is 0 Å². The van der Waals surface area contributed by atoms with E-state index in [9.17, 15) is 5.11 Å². The predicted octanol–water partition coefficient (Wildman–Crippen LogP) is 4.44. The SMILES string of the molecule is C=Cc1cc[n+]2c(c1C)C(=C(C)C)/C(=C(\C)C=N)C(CCOC)C2C(=C)CO. The van der Waals surface area contributed by atoms with Crippen LogP contribution in [0, 0.1) is 18.3 Å². The highest BCUT2D eigenvalue weighted by Crippen LogP contribution is 2.45. The molecule has 0 saturated heterocycles. The first kappa shape index (κ1) is 22.0. The van der Waals surface area contributed by atoms with Crippen LogP contribution in [0.3, 0.4) is 0 Å². The van der Waals surface area contributed by atoms with Crippen molar-refractivity contribution in [2.75, 3.05) is 20.3 Å². The number of allylic oxidation sites excluding steroid dienone is 4. The van der Waals surface area contributed by atoms with Gasteiger partial charge in [0.2, 0.25) is 5.69 Å². The second kappa shape index (κ2) is 9.26. The zero-order valence-corrected chi connectivity index (χ0v) is 17.8. The van der Waals surface area contributed by atoms with Crippen molar-refractivity contribution in [3.63, 3.8) is 0 Å². The van der Waals surface area contributed by atoms with E-state index in [1.54, 1.807) is 7.11 Å². The number of ether oxygens (including phenoxy) is 1. The smallest absolute Gasteiger partial charge is 0.216 e. The minimum Gasteiger partial charge on any atom is -0.392 e. The third kappa shape index (κ3) is 3.80. The first-order chi connectivity index (χ1) is 13.3. The Morgan fingerprint density at radius 3 is 2.54 bits per heavy atom. The molecular weight excluding hydrogens is 348 g/mol. The van der Waals surface area contributed by atoms with Gasteiger partial charge in [-0.1, -0.05) is 24.8 Å². The van der Waals surface area contributed by atoms with Crippen molar-refractivity contribution >= 4 is 17.9 Å². The van der Waals surface area contributed by atoms with Crippen molar-refractivity contribution in [2.45, 2.75) is 40.2 Å². The quantitative estimate of drug-likeness (QED) is 0.417. The van der Waals surface area contributed by atoms with Gasteiger partial charge >= 0.3 is 0 Å². The standard InChI is InChI=1S/C24H33N2O2/c1-8-19-9-11-26-23(17(5)14-27)20(10-12-28-7)22(16(4)13-25)21(15(2)3)24(26)18(19)6/h8-9,11,13,20,23,25,27H,1,5,10,12,14H2,2-4,6-7H3/q+1/b22-16+,25-13?. The minimum absolute atomic E-state index is 0.0672. The molecule has 2 atom stereocenters. The van der Waals surface area contributed by atoms with E-state index in [1.165, 1.54) is 17.4 Å². The van der Waals surface area contributed by atoms with Gasteiger partial charge in [-0.2, -0.15) is 4.57 Å². The molecule has 28 heavy (non-hydrogen) atoms. The van der Waals surface area contributed by atoms with Crippen LogP contribution in [0.1, 0.15) is 50.1 Å². The highest BCUT2D eigenvalue weighted by Gasteiger charge is 2.45. The molecule has 0 aromatic carbocycles. The molecule has 1 aromatic rings. The second-order valence-corrected chi connectivity index (χ2v) is 7.62. The third-order valence-corrected chi connectivity index (χ3v) is 5.63. The largest absolute Gasteiger partial charge is 0.392 e. The fourth-order valence-electron chi connectivity index (χ4n) is 4.32. The molecule has 150 valence electrons. The maximum absolute atomic E-state index is 9.95. The van der Waals surface area contributed by atoms with E-state index in [1.807, 2.05) is 13.0 Å². The Balaban J connectivity index is 2.99. The molecule has 0 aliphatic carbocycles. The van der Waals surface area contributed by atoms with Gasteiger partial charge in [-0.05, 0) is 50.8 Å². The lowest BCUT2D eigenvalue weighted by atomic mass is 9.73. The zero-order chi connectivity index (χ0) is 21.0.